The normalized spacial score (nSPS) is 12.6. The molecule has 3 N–H and O–H groups in total. The first-order chi connectivity index (χ1) is 8.77. The number of nitrogens with zero attached hydrogens (tertiary/aromatic N) is 1. The van der Waals surface area contributed by atoms with Crippen molar-refractivity contribution in [3.8, 4) is 0 Å². The zero-order valence-corrected chi connectivity index (χ0v) is 12.2. The van der Waals surface area contributed by atoms with Gasteiger partial charge in [-0.2, -0.15) is 0 Å². The van der Waals surface area contributed by atoms with Crippen LogP contribution >= 0.6 is 0 Å². The lowest BCUT2D eigenvalue weighted by molar-refractivity contribution is -0.139. The van der Waals surface area contributed by atoms with Crippen molar-refractivity contribution in [3.63, 3.8) is 0 Å². The Labute approximate surface area is 114 Å². The van der Waals surface area contributed by atoms with E-state index in [0.29, 0.717) is 24.9 Å². The van der Waals surface area contributed by atoms with Crippen LogP contribution in [0.1, 0.15) is 34.1 Å². The van der Waals surface area contributed by atoms with Crippen LogP contribution in [0.5, 0.6) is 0 Å². The van der Waals surface area contributed by atoms with Gasteiger partial charge in [0.1, 0.15) is 6.04 Å². The van der Waals surface area contributed by atoms with Crippen LogP contribution in [0.3, 0.4) is 0 Å². The van der Waals surface area contributed by atoms with Crippen molar-refractivity contribution in [1.82, 2.24) is 10.2 Å². The van der Waals surface area contributed by atoms with Crippen molar-refractivity contribution in [3.05, 3.63) is 0 Å². The molecule has 0 saturated heterocycles. The number of carboxylic acid groups (broad SMARTS) is 1. The van der Waals surface area contributed by atoms with Crippen molar-refractivity contribution >= 4 is 12.0 Å². The van der Waals surface area contributed by atoms with Crippen LogP contribution in [0.25, 0.3) is 0 Å². The first-order valence-electron chi connectivity index (χ1n) is 6.67. The fourth-order valence-corrected chi connectivity index (χ4v) is 1.75. The molecule has 0 saturated carbocycles. The minimum Gasteiger partial charge on any atom is -0.480 e. The van der Waals surface area contributed by atoms with Crippen LogP contribution in [0, 0.1) is 11.8 Å². The van der Waals surface area contributed by atoms with Crippen LogP contribution in [0.4, 0.5) is 4.79 Å². The number of rotatable bonds is 8. The minimum atomic E-state index is -1.13. The second kappa shape index (κ2) is 8.74. The van der Waals surface area contributed by atoms with Gasteiger partial charge >= 0.3 is 12.0 Å². The first-order valence-corrected chi connectivity index (χ1v) is 6.67. The van der Waals surface area contributed by atoms with Crippen LogP contribution in [-0.2, 0) is 4.79 Å². The van der Waals surface area contributed by atoms with Gasteiger partial charge < -0.3 is 20.4 Å². The second-order valence-corrected chi connectivity index (χ2v) is 5.55. The first kappa shape index (κ1) is 17.7. The molecule has 0 aromatic heterocycles. The highest BCUT2D eigenvalue weighted by molar-refractivity contribution is 5.82. The SMILES string of the molecule is CC(C)CN(CC(C)C)C(=O)N[C@H](CCO)C(=O)O. The number of aliphatic hydroxyl groups excluding tert-OH is 1. The lowest BCUT2D eigenvalue weighted by Crippen LogP contribution is -2.50. The number of urea groups is 1. The summed E-state index contributed by atoms with van der Waals surface area (Å²) in [5, 5.41) is 20.2. The summed E-state index contributed by atoms with van der Waals surface area (Å²) in [6.07, 6.45) is 0.0122. The van der Waals surface area contributed by atoms with Gasteiger partial charge in [-0.3, -0.25) is 0 Å². The van der Waals surface area contributed by atoms with Gasteiger partial charge in [-0.05, 0) is 11.8 Å². The lowest BCUT2D eigenvalue weighted by Gasteiger charge is -2.28. The Morgan fingerprint density at radius 2 is 1.58 bits per heavy atom. The van der Waals surface area contributed by atoms with E-state index in [1.54, 1.807) is 4.90 Å². The van der Waals surface area contributed by atoms with E-state index in [4.69, 9.17) is 10.2 Å². The Hall–Kier alpha value is -1.30. The third-order valence-corrected chi connectivity index (χ3v) is 2.47. The summed E-state index contributed by atoms with van der Waals surface area (Å²) in [5.41, 5.74) is 0. The topological polar surface area (TPSA) is 89.9 Å². The third kappa shape index (κ3) is 7.66. The molecule has 0 aliphatic heterocycles. The minimum absolute atomic E-state index is 0.0122. The Morgan fingerprint density at radius 1 is 1.11 bits per heavy atom. The maximum atomic E-state index is 12.1. The highest BCUT2D eigenvalue weighted by Gasteiger charge is 2.23. The molecule has 0 radical (unpaired) electrons. The van der Waals surface area contributed by atoms with E-state index >= 15 is 0 Å². The molecule has 6 nitrogen and oxygen atoms in total. The number of aliphatic carboxylic acids is 1. The summed E-state index contributed by atoms with van der Waals surface area (Å²) in [4.78, 5) is 24.6. The van der Waals surface area contributed by atoms with E-state index in [1.807, 2.05) is 27.7 Å². The number of aliphatic hydroxyl groups is 1. The van der Waals surface area contributed by atoms with Crippen LogP contribution < -0.4 is 5.32 Å². The smallest absolute Gasteiger partial charge is 0.326 e. The fraction of sp³-hybridized carbons (Fsp3) is 0.846. The van der Waals surface area contributed by atoms with Crippen molar-refractivity contribution < 1.29 is 19.8 Å². The van der Waals surface area contributed by atoms with Crippen molar-refractivity contribution in [1.29, 1.82) is 0 Å². The summed E-state index contributed by atoms with van der Waals surface area (Å²) in [7, 11) is 0. The summed E-state index contributed by atoms with van der Waals surface area (Å²) in [6, 6.07) is -1.43. The number of carboxylic acids is 1. The van der Waals surface area contributed by atoms with Gasteiger partial charge in [0, 0.05) is 26.1 Å². The highest BCUT2D eigenvalue weighted by atomic mass is 16.4. The number of amides is 2. The van der Waals surface area contributed by atoms with Gasteiger partial charge in [0.05, 0.1) is 0 Å². The quantitative estimate of drug-likeness (QED) is 0.619. The van der Waals surface area contributed by atoms with Crippen LogP contribution in [0.15, 0.2) is 0 Å². The molecular weight excluding hydrogens is 248 g/mol. The Kier molecular flexibility index (Phi) is 8.14. The molecule has 1 atom stereocenters. The molecule has 0 aromatic rings. The molecule has 0 unspecified atom stereocenters. The molecule has 0 aliphatic rings. The predicted octanol–water partition coefficient (Wildman–Crippen LogP) is 1.15. The van der Waals surface area contributed by atoms with E-state index in [-0.39, 0.29) is 19.1 Å². The number of carbonyl (C=O) groups is 2. The summed E-state index contributed by atoms with van der Waals surface area (Å²) in [6.45, 7) is 8.90. The zero-order valence-electron chi connectivity index (χ0n) is 12.2. The average molecular weight is 274 g/mol. The van der Waals surface area contributed by atoms with Gasteiger partial charge in [-0.25, -0.2) is 9.59 Å². The van der Waals surface area contributed by atoms with E-state index in [0.717, 1.165) is 0 Å². The number of hydrogen-bond donors (Lipinski definition) is 3. The monoisotopic (exact) mass is 274 g/mol. The van der Waals surface area contributed by atoms with Gasteiger partial charge in [-0.15, -0.1) is 0 Å². The van der Waals surface area contributed by atoms with Crippen molar-refractivity contribution in [2.75, 3.05) is 19.7 Å². The van der Waals surface area contributed by atoms with E-state index in [2.05, 4.69) is 5.32 Å². The highest BCUT2D eigenvalue weighted by Crippen LogP contribution is 2.05. The lowest BCUT2D eigenvalue weighted by atomic mass is 10.1. The Balaban J connectivity index is 4.63. The van der Waals surface area contributed by atoms with Gasteiger partial charge in [-0.1, -0.05) is 27.7 Å². The Bertz CT molecular complexity index is 282. The second-order valence-electron chi connectivity index (χ2n) is 5.55. The predicted molar refractivity (Wildman–Crippen MR) is 72.9 cm³/mol. The Morgan fingerprint density at radius 3 is 1.89 bits per heavy atom. The summed E-state index contributed by atoms with van der Waals surface area (Å²) in [5.74, 6) is -0.507. The van der Waals surface area contributed by atoms with Gasteiger partial charge in [0.15, 0.2) is 0 Å². The van der Waals surface area contributed by atoms with Gasteiger partial charge in [0.2, 0.25) is 0 Å². The molecule has 0 rings (SSSR count). The third-order valence-electron chi connectivity index (χ3n) is 2.47. The number of hydrogen-bond acceptors (Lipinski definition) is 3. The van der Waals surface area contributed by atoms with Crippen LogP contribution in [-0.4, -0.2) is 52.9 Å². The molecule has 0 heterocycles. The molecule has 0 aliphatic carbocycles. The number of carbonyl (C=O) groups excluding carboxylic acids is 1. The molecule has 0 fully saturated rings. The maximum Gasteiger partial charge on any atom is 0.326 e. The van der Waals surface area contributed by atoms with Crippen LogP contribution in [0.2, 0.25) is 0 Å². The molecule has 19 heavy (non-hydrogen) atoms. The standard InChI is InChI=1S/C13H26N2O4/c1-9(2)7-15(8-10(3)4)13(19)14-11(5-6-16)12(17)18/h9-11,16H,5-8H2,1-4H3,(H,14,19)(H,17,18)/t11-/m1/s1. The van der Waals surface area contributed by atoms with E-state index in [9.17, 15) is 9.59 Å². The molecule has 0 bridgehead atoms. The summed E-state index contributed by atoms with van der Waals surface area (Å²) < 4.78 is 0. The van der Waals surface area contributed by atoms with E-state index in [1.165, 1.54) is 0 Å². The van der Waals surface area contributed by atoms with E-state index < -0.39 is 12.0 Å². The average Bonchev–Trinajstić information content (AvgIpc) is 2.25. The van der Waals surface area contributed by atoms with Crippen molar-refractivity contribution in [2.24, 2.45) is 11.8 Å². The summed E-state index contributed by atoms with van der Waals surface area (Å²) >= 11 is 0. The molecule has 2 amide bonds. The molecule has 112 valence electrons. The fourth-order valence-electron chi connectivity index (χ4n) is 1.75. The van der Waals surface area contributed by atoms with Gasteiger partial charge in [0.25, 0.3) is 0 Å². The molecule has 6 heteroatoms. The molecular formula is C13H26N2O4. The zero-order chi connectivity index (χ0) is 15.0. The largest absolute Gasteiger partial charge is 0.480 e. The molecule has 0 aromatic carbocycles. The molecule has 0 spiro atoms. The maximum absolute atomic E-state index is 12.1. The van der Waals surface area contributed by atoms with Crippen molar-refractivity contribution in [2.45, 2.75) is 40.2 Å². The number of nitrogens with one attached hydrogen (secondary N) is 1.